The molecule has 0 radical (unpaired) electrons. The minimum atomic E-state index is -3.50. The quantitative estimate of drug-likeness (QED) is 0.809. The predicted molar refractivity (Wildman–Crippen MR) is 104 cm³/mol. The van der Waals surface area contributed by atoms with E-state index >= 15 is 0 Å². The monoisotopic (exact) mass is 373 g/mol. The van der Waals surface area contributed by atoms with Gasteiger partial charge in [0, 0.05) is 24.5 Å². The maximum Gasteiger partial charge on any atom is 0.182 e. The van der Waals surface area contributed by atoms with Crippen molar-refractivity contribution >= 4 is 9.84 Å². The number of rotatable bonds is 7. The lowest BCUT2D eigenvalue weighted by Crippen LogP contribution is -2.29. The maximum atomic E-state index is 13.4. The van der Waals surface area contributed by atoms with Crippen molar-refractivity contribution in [2.45, 2.75) is 36.8 Å². The molecule has 0 heterocycles. The minimum Gasteiger partial charge on any atom is -0.381 e. The standard InChI is InChI=1S/C21H27NO3S/c1-4-25-14-21(13-22)19(17-9-5-15(2)6-10-17)20(21)26(23,24)18-11-7-16(3)8-12-18/h5-12,19-20H,4,13-14,22H2,1-3H3/t19-,20-,21-/m1/s1. The number of hydrogen-bond donors (Lipinski definition) is 1. The van der Waals surface area contributed by atoms with Crippen molar-refractivity contribution in [3.8, 4) is 0 Å². The Morgan fingerprint density at radius 2 is 1.54 bits per heavy atom. The molecule has 1 aliphatic carbocycles. The second-order valence-electron chi connectivity index (χ2n) is 7.24. The van der Waals surface area contributed by atoms with Crippen LogP contribution in [0.15, 0.2) is 53.4 Å². The molecule has 0 saturated heterocycles. The highest BCUT2D eigenvalue weighted by molar-refractivity contribution is 7.92. The third kappa shape index (κ3) is 3.20. The summed E-state index contributed by atoms with van der Waals surface area (Å²) in [5.74, 6) is -0.147. The third-order valence-corrected chi connectivity index (χ3v) is 7.79. The largest absolute Gasteiger partial charge is 0.381 e. The average molecular weight is 374 g/mol. The molecule has 2 aromatic carbocycles. The summed E-state index contributed by atoms with van der Waals surface area (Å²) in [6.45, 7) is 7.06. The van der Waals surface area contributed by atoms with E-state index in [1.165, 1.54) is 0 Å². The number of aryl methyl sites for hydroxylation is 2. The zero-order valence-corrected chi connectivity index (χ0v) is 16.4. The van der Waals surface area contributed by atoms with Gasteiger partial charge in [0.15, 0.2) is 9.84 Å². The number of nitrogens with two attached hydrogens (primary N) is 1. The van der Waals surface area contributed by atoms with Crippen LogP contribution in [-0.4, -0.2) is 33.4 Å². The summed E-state index contributed by atoms with van der Waals surface area (Å²) < 4.78 is 32.4. The summed E-state index contributed by atoms with van der Waals surface area (Å²) >= 11 is 0. The summed E-state index contributed by atoms with van der Waals surface area (Å²) in [5, 5.41) is -0.558. The minimum absolute atomic E-state index is 0.147. The molecule has 0 aromatic heterocycles. The lowest BCUT2D eigenvalue weighted by Gasteiger charge is -2.16. The third-order valence-electron chi connectivity index (χ3n) is 5.45. The van der Waals surface area contributed by atoms with E-state index in [-0.39, 0.29) is 12.5 Å². The van der Waals surface area contributed by atoms with Gasteiger partial charge in [0.25, 0.3) is 0 Å². The molecule has 0 unspecified atom stereocenters. The molecule has 140 valence electrons. The molecule has 0 bridgehead atoms. The van der Waals surface area contributed by atoms with E-state index in [4.69, 9.17) is 10.5 Å². The topological polar surface area (TPSA) is 69.4 Å². The fraction of sp³-hybridized carbons (Fsp3) is 0.429. The molecule has 0 amide bonds. The van der Waals surface area contributed by atoms with Crippen molar-refractivity contribution in [1.29, 1.82) is 0 Å². The smallest absolute Gasteiger partial charge is 0.182 e. The lowest BCUT2D eigenvalue weighted by atomic mass is 9.99. The molecule has 3 rings (SSSR count). The van der Waals surface area contributed by atoms with E-state index in [9.17, 15) is 8.42 Å². The van der Waals surface area contributed by atoms with Crippen LogP contribution in [0.1, 0.15) is 29.5 Å². The van der Waals surface area contributed by atoms with Crippen LogP contribution in [0.5, 0.6) is 0 Å². The molecule has 3 atom stereocenters. The molecule has 1 aliphatic rings. The molecule has 1 saturated carbocycles. The first-order chi connectivity index (χ1) is 12.4. The highest BCUT2D eigenvalue weighted by Gasteiger charge is 2.70. The van der Waals surface area contributed by atoms with Gasteiger partial charge in [0.1, 0.15) is 0 Å². The molecule has 0 spiro atoms. The van der Waals surface area contributed by atoms with E-state index in [0.29, 0.717) is 18.1 Å². The fourth-order valence-corrected chi connectivity index (χ4v) is 6.31. The van der Waals surface area contributed by atoms with Gasteiger partial charge in [0.2, 0.25) is 0 Å². The first-order valence-corrected chi connectivity index (χ1v) is 10.6. The number of benzene rings is 2. The number of sulfone groups is 1. The summed E-state index contributed by atoms with van der Waals surface area (Å²) in [7, 11) is -3.50. The second kappa shape index (κ2) is 7.14. The first kappa shape index (κ1) is 19.1. The van der Waals surface area contributed by atoms with Crippen LogP contribution in [-0.2, 0) is 14.6 Å². The Morgan fingerprint density at radius 1 is 1.00 bits per heavy atom. The van der Waals surface area contributed by atoms with Crippen LogP contribution in [0.3, 0.4) is 0 Å². The molecule has 5 heteroatoms. The Morgan fingerprint density at radius 3 is 2.04 bits per heavy atom. The summed E-state index contributed by atoms with van der Waals surface area (Å²) in [4.78, 5) is 0.358. The lowest BCUT2D eigenvalue weighted by molar-refractivity contribution is 0.101. The van der Waals surface area contributed by atoms with Gasteiger partial charge in [-0.2, -0.15) is 0 Å². The van der Waals surface area contributed by atoms with Gasteiger partial charge in [0.05, 0.1) is 16.8 Å². The van der Waals surface area contributed by atoms with Gasteiger partial charge in [-0.25, -0.2) is 8.42 Å². The SMILES string of the molecule is CCOC[C@]1(CN)[C@H](c2ccc(C)cc2)[C@H]1S(=O)(=O)c1ccc(C)cc1. The summed E-state index contributed by atoms with van der Waals surface area (Å²) in [6, 6.07) is 15.1. The van der Waals surface area contributed by atoms with Crippen LogP contribution in [0.25, 0.3) is 0 Å². The van der Waals surface area contributed by atoms with Gasteiger partial charge in [-0.05, 0) is 38.5 Å². The van der Waals surface area contributed by atoms with E-state index in [1.54, 1.807) is 12.1 Å². The van der Waals surface area contributed by atoms with Crippen molar-refractivity contribution in [3.63, 3.8) is 0 Å². The van der Waals surface area contributed by atoms with Gasteiger partial charge < -0.3 is 10.5 Å². The molecule has 4 nitrogen and oxygen atoms in total. The summed E-state index contributed by atoms with van der Waals surface area (Å²) in [6.07, 6.45) is 0. The van der Waals surface area contributed by atoms with Crippen LogP contribution < -0.4 is 5.73 Å². The maximum absolute atomic E-state index is 13.4. The van der Waals surface area contributed by atoms with E-state index < -0.39 is 20.5 Å². The Labute approximate surface area is 156 Å². The summed E-state index contributed by atoms with van der Waals surface area (Å²) in [5.41, 5.74) is 8.74. The average Bonchev–Trinajstić information content (AvgIpc) is 3.31. The van der Waals surface area contributed by atoms with Crippen LogP contribution in [0.4, 0.5) is 0 Å². The molecule has 26 heavy (non-hydrogen) atoms. The highest BCUT2D eigenvalue weighted by Crippen LogP contribution is 2.63. The van der Waals surface area contributed by atoms with Crippen LogP contribution in [0.2, 0.25) is 0 Å². The molecule has 1 fully saturated rings. The van der Waals surface area contributed by atoms with Gasteiger partial charge in [-0.3, -0.25) is 0 Å². The van der Waals surface area contributed by atoms with Crippen molar-refractivity contribution in [1.82, 2.24) is 0 Å². The zero-order valence-electron chi connectivity index (χ0n) is 15.6. The van der Waals surface area contributed by atoms with Gasteiger partial charge in [-0.15, -0.1) is 0 Å². The Bertz CT molecular complexity index is 859. The zero-order chi connectivity index (χ0) is 18.9. The Kier molecular flexibility index (Phi) is 5.24. The molecular formula is C21H27NO3S. The van der Waals surface area contributed by atoms with E-state index in [0.717, 1.165) is 16.7 Å². The normalized spacial score (nSPS) is 25.2. The molecule has 2 N–H and O–H groups in total. The van der Waals surface area contributed by atoms with Crippen molar-refractivity contribution in [2.24, 2.45) is 11.1 Å². The number of ether oxygens (including phenoxy) is 1. The van der Waals surface area contributed by atoms with E-state index in [2.05, 4.69) is 0 Å². The molecular weight excluding hydrogens is 346 g/mol. The van der Waals surface area contributed by atoms with Crippen molar-refractivity contribution in [3.05, 3.63) is 65.2 Å². The number of hydrogen-bond acceptors (Lipinski definition) is 4. The Hall–Kier alpha value is -1.69. The van der Waals surface area contributed by atoms with Crippen molar-refractivity contribution in [2.75, 3.05) is 19.8 Å². The van der Waals surface area contributed by atoms with E-state index in [1.807, 2.05) is 57.2 Å². The fourth-order valence-electron chi connectivity index (χ4n) is 3.86. The van der Waals surface area contributed by atoms with Crippen LogP contribution in [0, 0.1) is 19.3 Å². The van der Waals surface area contributed by atoms with Gasteiger partial charge >= 0.3 is 0 Å². The Balaban J connectivity index is 2.03. The second-order valence-corrected chi connectivity index (χ2v) is 9.31. The first-order valence-electron chi connectivity index (χ1n) is 9.02. The highest BCUT2D eigenvalue weighted by atomic mass is 32.2. The predicted octanol–water partition coefficient (Wildman–Crippen LogP) is 3.22. The van der Waals surface area contributed by atoms with Gasteiger partial charge in [-0.1, -0.05) is 47.5 Å². The van der Waals surface area contributed by atoms with Crippen molar-refractivity contribution < 1.29 is 13.2 Å². The van der Waals surface area contributed by atoms with Crippen LogP contribution >= 0.6 is 0 Å². The molecule has 0 aliphatic heterocycles. The molecule has 2 aromatic rings.